The summed E-state index contributed by atoms with van der Waals surface area (Å²) >= 11 is 5.52. The molecule has 3 nitrogen and oxygen atoms in total. The van der Waals surface area contributed by atoms with Crippen molar-refractivity contribution in [2.24, 2.45) is 0 Å². The van der Waals surface area contributed by atoms with E-state index in [1.165, 1.54) is 0 Å². The van der Waals surface area contributed by atoms with Crippen LogP contribution in [0, 0.1) is 0 Å². The zero-order valence-corrected chi connectivity index (χ0v) is 7.89. The van der Waals surface area contributed by atoms with Crippen LogP contribution < -0.4 is 10.5 Å². The number of carbonyl (C=O) groups excluding carboxylic acids is 1. The zero-order chi connectivity index (χ0) is 11.6. The predicted molar refractivity (Wildman–Crippen MR) is 47.9 cm³/mol. The van der Waals surface area contributed by atoms with Gasteiger partial charge in [-0.2, -0.15) is 0 Å². The number of nitrogen functional groups attached to an aromatic ring is 1. The molecule has 0 saturated carbocycles. The van der Waals surface area contributed by atoms with E-state index in [1.807, 2.05) is 0 Å². The maximum absolute atomic E-state index is 11.9. The van der Waals surface area contributed by atoms with Crippen molar-refractivity contribution in [1.29, 1.82) is 0 Å². The van der Waals surface area contributed by atoms with Crippen LogP contribution in [0.5, 0.6) is 5.75 Å². The lowest BCUT2D eigenvalue weighted by atomic mass is 10.2. The van der Waals surface area contributed by atoms with Gasteiger partial charge in [-0.25, -0.2) is 0 Å². The molecule has 0 atom stereocenters. The van der Waals surface area contributed by atoms with E-state index in [4.69, 9.17) is 17.3 Å². The SMILES string of the molecule is Nc1cc(Cl)c(C=O)cc1OC(F)(F)F. The number of benzene rings is 1. The van der Waals surface area contributed by atoms with Crippen LogP contribution in [0.15, 0.2) is 12.1 Å². The van der Waals surface area contributed by atoms with Crippen LogP contribution in [-0.4, -0.2) is 12.6 Å². The normalized spacial score (nSPS) is 11.2. The Bertz CT molecular complexity index is 392. The van der Waals surface area contributed by atoms with Crippen LogP contribution >= 0.6 is 11.6 Å². The molecule has 1 aromatic carbocycles. The summed E-state index contributed by atoms with van der Waals surface area (Å²) in [4.78, 5) is 10.4. The highest BCUT2D eigenvalue weighted by atomic mass is 35.5. The van der Waals surface area contributed by atoms with Crippen molar-refractivity contribution >= 4 is 23.6 Å². The van der Waals surface area contributed by atoms with Gasteiger partial charge in [0.15, 0.2) is 12.0 Å². The van der Waals surface area contributed by atoms with Crippen LogP contribution in [0.4, 0.5) is 18.9 Å². The Kier molecular flexibility index (Phi) is 3.09. The van der Waals surface area contributed by atoms with Crippen molar-refractivity contribution in [2.45, 2.75) is 6.36 Å². The van der Waals surface area contributed by atoms with Gasteiger partial charge in [-0.3, -0.25) is 4.79 Å². The van der Waals surface area contributed by atoms with Gasteiger partial charge in [0.2, 0.25) is 0 Å². The van der Waals surface area contributed by atoms with Crippen LogP contribution in [0.3, 0.4) is 0 Å². The third kappa shape index (κ3) is 3.02. The fourth-order valence-corrected chi connectivity index (χ4v) is 1.10. The molecule has 0 amide bonds. The molecule has 0 spiro atoms. The van der Waals surface area contributed by atoms with Gasteiger partial charge in [-0.1, -0.05) is 11.6 Å². The van der Waals surface area contributed by atoms with Gasteiger partial charge in [0.05, 0.1) is 10.7 Å². The van der Waals surface area contributed by atoms with Gasteiger partial charge in [0, 0.05) is 5.56 Å². The molecule has 15 heavy (non-hydrogen) atoms. The minimum absolute atomic E-state index is 0.0305. The summed E-state index contributed by atoms with van der Waals surface area (Å²) in [5, 5.41) is -0.0305. The molecule has 0 aromatic heterocycles. The second kappa shape index (κ2) is 3.98. The molecule has 0 unspecified atom stereocenters. The Morgan fingerprint density at radius 2 is 2.00 bits per heavy atom. The summed E-state index contributed by atoms with van der Waals surface area (Å²) in [6.07, 6.45) is -4.55. The molecule has 1 rings (SSSR count). The maximum atomic E-state index is 11.9. The van der Waals surface area contributed by atoms with E-state index < -0.39 is 12.1 Å². The standard InChI is InChI=1S/C8H5ClF3NO2/c9-5-2-6(13)7(1-4(5)3-14)15-8(10,11)12/h1-3H,13H2. The first-order valence-corrected chi connectivity index (χ1v) is 4.01. The van der Waals surface area contributed by atoms with E-state index >= 15 is 0 Å². The lowest BCUT2D eigenvalue weighted by Gasteiger charge is -2.11. The van der Waals surface area contributed by atoms with Gasteiger partial charge in [-0.05, 0) is 12.1 Å². The van der Waals surface area contributed by atoms with E-state index in [0.29, 0.717) is 6.29 Å². The fraction of sp³-hybridized carbons (Fsp3) is 0.125. The molecular formula is C8H5ClF3NO2. The predicted octanol–water partition coefficient (Wildman–Crippen LogP) is 2.63. The number of hydrogen-bond donors (Lipinski definition) is 1. The second-order valence-electron chi connectivity index (χ2n) is 2.58. The fourth-order valence-electron chi connectivity index (χ4n) is 0.888. The largest absolute Gasteiger partial charge is 0.573 e. The van der Waals surface area contributed by atoms with Crippen molar-refractivity contribution in [2.75, 3.05) is 5.73 Å². The van der Waals surface area contributed by atoms with E-state index in [1.54, 1.807) is 0 Å². The molecule has 0 aliphatic carbocycles. The first kappa shape index (κ1) is 11.6. The molecule has 7 heteroatoms. The van der Waals surface area contributed by atoms with Crippen molar-refractivity contribution in [1.82, 2.24) is 0 Å². The highest BCUT2D eigenvalue weighted by Crippen LogP contribution is 2.32. The Balaban J connectivity index is 3.13. The Morgan fingerprint density at radius 1 is 1.40 bits per heavy atom. The van der Waals surface area contributed by atoms with Crippen LogP contribution in [0.2, 0.25) is 5.02 Å². The van der Waals surface area contributed by atoms with Crippen molar-refractivity contribution < 1.29 is 22.7 Å². The summed E-state index contributed by atoms with van der Waals surface area (Å²) in [7, 11) is 0. The summed E-state index contributed by atoms with van der Waals surface area (Å²) < 4.78 is 39.2. The van der Waals surface area contributed by atoms with Gasteiger partial charge >= 0.3 is 6.36 Å². The number of halogens is 4. The molecule has 0 aliphatic rings. The van der Waals surface area contributed by atoms with Crippen LogP contribution in [0.1, 0.15) is 10.4 Å². The van der Waals surface area contributed by atoms with Crippen molar-refractivity contribution in [3.8, 4) is 5.75 Å². The summed E-state index contributed by atoms with van der Waals surface area (Å²) in [5.74, 6) is -0.644. The number of rotatable bonds is 2. The lowest BCUT2D eigenvalue weighted by molar-refractivity contribution is -0.274. The quantitative estimate of drug-likeness (QED) is 0.638. The maximum Gasteiger partial charge on any atom is 0.573 e. The average molecular weight is 240 g/mol. The topological polar surface area (TPSA) is 52.3 Å². The van der Waals surface area contributed by atoms with E-state index in [9.17, 15) is 18.0 Å². The Hall–Kier alpha value is -1.43. The second-order valence-corrected chi connectivity index (χ2v) is 2.98. The zero-order valence-electron chi connectivity index (χ0n) is 7.14. The number of ether oxygens (including phenoxy) is 1. The highest BCUT2D eigenvalue weighted by molar-refractivity contribution is 6.33. The third-order valence-electron chi connectivity index (χ3n) is 1.48. The summed E-state index contributed by atoms with van der Waals surface area (Å²) in [6.45, 7) is 0. The lowest BCUT2D eigenvalue weighted by Crippen LogP contribution is -2.18. The number of carbonyl (C=O) groups is 1. The van der Waals surface area contributed by atoms with E-state index in [-0.39, 0.29) is 16.3 Å². The highest BCUT2D eigenvalue weighted by Gasteiger charge is 2.32. The first-order chi connectivity index (χ1) is 6.83. The monoisotopic (exact) mass is 239 g/mol. The number of aldehydes is 1. The van der Waals surface area contributed by atoms with Crippen molar-refractivity contribution in [3.05, 3.63) is 22.7 Å². The molecular weight excluding hydrogens is 235 g/mol. The Labute approximate surface area is 87.6 Å². The Morgan fingerprint density at radius 3 is 2.47 bits per heavy atom. The molecule has 1 aromatic rings. The van der Waals surface area contributed by atoms with Crippen LogP contribution in [-0.2, 0) is 0 Å². The third-order valence-corrected chi connectivity index (χ3v) is 1.81. The molecule has 2 N–H and O–H groups in total. The first-order valence-electron chi connectivity index (χ1n) is 3.63. The minimum atomic E-state index is -4.86. The number of anilines is 1. The van der Waals surface area contributed by atoms with E-state index in [2.05, 4.69) is 4.74 Å². The molecule has 0 fully saturated rings. The molecule has 0 heterocycles. The molecule has 0 aliphatic heterocycles. The molecule has 0 radical (unpaired) electrons. The number of nitrogens with two attached hydrogens (primary N) is 1. The van der Waals surface area contributed by atoms with Gasteiger partial charge in [-0.15, -0.1) is 13.2 Å². The summed E-state index contributed by atoms with van der Waals surface area (Å²) in [6, 6.07) is 1.85. The van der Waals surface area contributed by atoms with Crippen LogP contribution in [0.25, 0.3) is 0 Å². The van der Waals surface area contributed by atoms with Gasteiger partial charge in [0.25, 0.3) is 0 Å². The van der Waals surface area contributed by atoms with Crippen molar-refractivity contribution in [3.63, 3.8) is 0 Å². The smallest absolute Gasteiger partial charge is 0.404 e. The number of hydrogen-bond acceptors (Lipinski definition) is 3. The van der Waals surface area contributed by atoms with Gasteiger partial charge in [0.1, 0.15) is 0 Å². The number of alkyl halides is 3. The average Bonchev–Trinajstić information content (AvgIpc) is 2.07. The van der Waals surface area contributed by atoms with Gasteiger partial charge < -0.3 is 10.5 Å². The summed E-state index contributed by atoms with van der Waals surface area (Å²) in [5.41, 5.74) is 4.82. The molecule has 0 bridgehead atoms. The molecule has 82 valence electrons. The minimum Gasteiger partial charge on any atom is -0.404 e. The molecule has 0 saturated heterocycles. The van der Waals surface area contributed by atoms with E-state index in [0.717, 1.165) is 12.1 Å².